The fraction of sp³-hybridized carbons (Fsp3) is 0.571. The van der Waals surface area contributed by atoms with Crippen LogP contribution in [0.1, 0.15) is 6.92 Å². The Bertz CT molecular complexity index is 466. The van der Waals surface area contributed by atoms with E-state index in [1.165, 1.54) is 5.69 Å². The van der Waals surface area contributed by atoms with Crippen LogP contribution in [0.15, 0.2) is 18.2 Å². The van der Waals surface area contributed by atoms with Gasteiger partial charge in [-0.25, -0.2) is 0 Å². The highest BCUT2D eigenvalue weighted by Gasteiger charge is 2.29. The molecule has 0 saturated carbocycles. The summed E-state index contributed by atoms with van der Waals surface area (Å²) >= 11 is 0. The Morgan fingerprint density at radius 2 is 2.05 bits per heavy atom. The van der Waals surface area contributed by atoms with Gasteiger partial charge >= 0.3 is 0 Å². The highest BCUT2D eigenvalue weighted by Crippen LogP contribution is 2.36. The first-order valence-electron chi connectivity index (χ1n) is 6.75. The van der Waals surface area contributed by atoms with Crippen LogP contribution in [-0.4, -0.2) is 50.5 Å². The summed E-state index contributed by atoms with van der Waals surface area (Å²) in [5.41, 5.74) is 7.09. The fourth-order valence-corrected chi connectivity index (χ4v) is 2.77. The van der Waals surface area contributed by atoms with Gasteiger partial charge in [-0.15, -0.1) is 0 Å². The minimum Gasteiger partial charge on any atom is -0.454 e. The van der Waals surface area contributed by atoms with Gasteiger partial charge < -0.3 is 20.1 Å². The second-order valence-electron chi connectivity index (χ2n) is 5.37. The summed E-state index contributed by atoms with van der Waals surface area (Å²) in [5.74, 6) is 1.66. The largest absolute Gasteiger partial charge is 0.454 e. The lowest BCUT2D eigenvalue weighted by molar-refractivity contribution is 0.174. The van der Waals surface area contributed by atoms with Gasteiger partial charge in [0.25, 0.3) is 0 Å². The predicted octanol–water partition coefficient (Wildman–Crippen LogP) is 0.883. The Labute approximate surface area is 113 Å². The molecule has 2 heterocycles. The molecule has 0 amide bonds. The summed E-state index contributed by atoms with van der Waals surface area (Å²) < 4.78 is 10.8. The predicted molar refractivity (Wildman–Crippen MR) is 74.8 cm³/mol. The molecule has 5 nitrogen and oxygen atoms in total. The number of nitrogens with two attached hydrogens (primary N) is 1. The van der Waals surface area contributed by atoms with E-state index in [1.54, 1.807) is 0 Å². The molecule has 2 aliphatic rings. The van der Waals surface area contributed by atoms with Crippen molar-refractivity contribution < 1.29 is 9.47 Å². The second-order valence-corrected chi connectivity index (χ2v) is 5.37. The standard InChI is InChI=1S/C14H21N3O2/c1-10-7-17(12(6-15)8-16(10)2)11-3-4-13-14(5-11)19-9-18-13/h3-5,10,12H,6-9,15H2,1-2H3. The van der Waals surface area contributed by atoms with Crippen LogP contribution in [0.2, 0.25) is 0 Å². The van der Waals surface area contributed by atoms with E-state index < -0.39 is 0 Å². The lowest BCUT2D eigenvalue weighted by Gasteiger charge is -2.44. The molecule has 2 unspecified atom stereocenters. The molecule has 5 heteroatoms. The Morgan fingerprint density at radius 3 is 2.84 bits per heavy atom. The van der Waals surface area contributed by atoms with Gasteiger partial charge in [0.1, 0.15) is 0 Å². The summed E-state index contributed by atoms with van der Waals surface area (Å²) in [6, 6.07) is 7.00. The average molecular weight is 263 g/mol. The Morgan fingerprint density at radius 1 is 1.26 bits per heavy atom. The number of anilines is 1. The van der Waals surface area contributed by atoms with Gasteiger partial charge in [-0.3, -0.25) is 4.90 Å². The molecule has 104 valence electrons. The van der Waals surface area contributed by atoms with E-state index in [0.717, 1.165) is 24.6 Å². The monoisotopic (exact) mass is 263 g/mol. The van der Waals surface area contributed by atoms with Crippen molar-refractivity contribution in [2.24, 2.45) is 5.73 Å². The summed E-state index contributed by atoms with van der Waals surface area (Å²) in [6.07, 6.45) is 0. The smallest absolute Gasteiger partial charge is 0.231 e. The lowest BCUT2D eigenvalue weighted by Crippen LogP contribution is -2.58. The second kappa shape index (κ2) is 4.90. The van der Waals surface area contributed by atoms with Crippen molar-refractivity contribution in [2.75, 3.05) is 38.4 Å². The number of piperazine rings is 1. The van der Waals surface area contributed by atoms with E-state index in [9.17, 15) is 0 Å². The van der Waals surface area contributed by atoms with Crippen LogP contribution in [0.5, 0.6) is 11.5 Å². The molecule has 0 bridgehead atoms. The van der Waals surface area contributed by atoms with Gasteiger partial charge in [-0.1, -0.05) is 0 Å². The molecule has 2 aliphatic heterocycles. The maximum atomic E-state index is 5.93. The molecule has 2 atom stereocenters. The zero-order valence-corrected chi connectivity index (χ0v) is 11.5. The van der Waals surface area contributed by atoms with Crippen molar-refractivity contribution in [3.63, 3.8) is 0 Å². The van der Waals surface area contributed by atoms with E-state index in [0.29, 0.717) is 25.4 Å². The van der Waals surface area contributed by atoms with Crippen molar-refractivity contribution in [1.82, 2.24) is 4.90 Å². The van der Waals surface area contributed by atoms with Crippen LogP contribution in [0.25, 0.3) is 0 Å². The number of hydrogen-bond donors (Lipinski definition) is 1. The minimum absolute atomic E-state index is 0.318. The molecule has 0 aromatic heterocycles. The first kappa shape index (κ1) is 12.6. The summed E-state index contributed by atoms with van der Waals surface area (Å²) in [6.45, 7) is 5.20. The van der Waals surface area contributed by atoms with Crippen molar-refractivity contribution in [2.45, 2.75) is 19.0 Å². The third-order valence-electron chi connectivity index (χ3n) is 4.11. The van der Waals surface area contributed by atoms with Crippen molar-refractivity contribution in [1.29, 1.82) is 0 Å². The van der Waals surface area contributed by atoms with E-state index in [2.05, 4.69) is 35.9 Å². The van der Waals surface area contributed by atoms with Gasteiger partial charge in [-0.05, 0) is 26.1 Å². The zero-order valence-electron chi connectivity index (χ0n) is 11.5. The molecule has 0 spiro atoms. The van der Waals surface area contributed by atoms with E-state index in [4.69, 9.17) is 15.2 Å². The maximum Gasteiger partial charge on any atom is 0.231 e. The Hall–Kier alpha value is -1.46. The van der Waals surface area contributed by atoms with Crippen molar-refractivity contribution in [3.05, 3.63) is 18.2 Å². The van der Waals surface area contributed by atoms with Crippen LogP contribution in [0.3, 0.4) is 0 Å². The Balaban J connectivity index is 1.87. The molecule has 1 aromatic carbocycles. The molecule has 0 aliphatic carbocycles. The molecule has 3 rings (SSSR count). The molecular weight excluding hydrogens is 242 g/mol. The highest BCUT2D eigenvalue weighted by molar-refractivity contribution is 5.58. The van der Waals surface area contributed by atoms with Crippen LogP contribution >= 0.6 is 0 Å². The molecule has 1 fully saturated rings. The topological polar surface area (TPSA) is 51.0 Å². The number of nitrogens with zero attached hydrogens (tertiary/aromatic N) is 2. The molecular formula is C14H21N3O2. The van der Waals surface area contributed by atoms with Crippen molar-refractivity contribution >= 4 is 5.69 Å². The summed E-state index contributed by atoms with van der Waals surface area (Å²) in [4.78, 5) is 4.74. The summed E-state index contributed by atoms with van der Waals surface area (Å²) in [7, 11) is 2.16. The number of hydrogen-bond acceptors (Lipinski definition) is 5. The number of likely N-dealkylation sites (N-methyl/N-ethyl adjacent to an activating group) is 1. The van der Waals surface area contributed by atoms with E-state index in [1.807, 2.05) is 6.07 Å². The SMILES string of the molecule is CC1CN(c2ccc3c(c2)OCO3)C(CN)CN1C. The van der Waals surface area contributed by atoms with E-state index in [-0.39, 0.29) is 0 Å². The first-order valence-corrected chi connectivity index (χ1v) is 6.75. The third-order valence-corrected chi connectivity index (χ3v) is 4.11. The third kappa shape index (κ3) is 2.24. The van der Waals surface area contributed by atoms with Crippen LogP contribution in [0.4, 0.5) is 5.69 Å². The van der Waals surface area contributed by atoms with Crippen LogP contribution < -0.4 is 20.1 Å². The highest BCUT2D eigenvalue weighted by atomic mass is 16.7. The number of rotatable bonds is 2. The molecule has 1 saturated heterocycles. The van der Waals surface area contributed by atoms with Crippen molar-refractivity contribution in [3.8, 4) is 11.5 Å². The number of benzene rings is 1. The van der Waals surface area contributed by atoms with Gasteiger partial charge in [-0.2, -0.15) is 0 Å². The molecule has 2 N–H and O–H groups in total. The maximum absolute atomic E-state index is 5.93. The zero-order chi connectivity index (χ0) is 13.4. The molecule has 19 heavy (non-hydrogen) atoms. The molecule has 0 radical (unpaired) electrons. The van der Waals surface area contributed by atoms with Gasteiger partial charge in [0.15, 0.2) is 11.5 Å². The normalized spacial score (nSPS) is 26.8. The van der Waals surface area contributed by atoms with Gasteiger partial charge in [0.2, 0.25) is 6.79 Å². The first-order chi connectivity index (χ1) is 9.19. The average Bonchev–Trinajstić information content (AvgIpc) is 2.88. The number of fused-ring (bicyclic) bond motifs is 1. The Kier molecular flexibility index (Phi) is 3.24. The van der Waals surface area contributed by atoms with Gasteiger partial charge in [0.05, 0.1) is 6.04 Å². The number of ether oxygens (including phenoxy) is 2. The van der Waals surface area contributed by atoms with Crippen LogP contribution in [0, 0.1) is 0 Å². The molecule has 1 aromatic rings. The minimum atomic E-state index is 0.318. The van der Waals surface area contributed by atoms with Crippen LogP contribution in [-0.2, 0) is 0 Å². The fourth-order valence-electron chi connectivity index (χ4n) is 2.77. The van der Waals surface area contributed by atoms with E-state index >= 15 is 0 Å². The lowest BCUT2D eigenvalue weighted by atomic mass is 10.1. The van der Waals surface area contributed by atoms with Gasteiger partial charge in [0, 0.05) is 37.4 Å². The summed E-state index contributed by atoms with van der Waals surface area (Å²) in [5, 5.41) is 0. The quantitative estimate of drug-likeness (QED) is 0.858.